The smallest absolute Gasteiger partial charge is 0.243 e. The molecule has 6 nitrogen and oxygen atoms in total. The van der Waals surface area contributed by atoms with E-state index in [4.69, 9.17) is 4.74 Å². The Hall–Kier alpha value is -1.28. The summed E-state index contributed by atoms with van der Waals surface area (Å²) >= 11 is 0. The Morgan fingerprint density at radius 1 is 1.04 bits per heavy atom. The lowest BCUT2D eigenvalue weighted by molar-refractivity contribution is 0.101. The molecule has 2 rings (SSSR count). The SMILES string of the molecule is COCCCCCN1CCN(S(=O)(=O)c2ccc(C(C)=O)cc2)CC1. The number of carbonyl (C=O) groups excluding carboxylic acids is 1. The molecule has 0 radical (unpaired) electrons. The molecular weight excluding hydrogens is 340 g/mol. The number of nitrogens with zero attached hydrogens (tertiary/aromatic N) is 2. The van der Waals surface area contributed by atoms with Crippen LogP contribution in [0.4, 0.5) is 0 Å². The Labute approximate surface area is 150 Å². The number of rotatable bonds is 9. The van der Waals surface area contributed by atoms with Crippen LogP contribution in [0.5, 0.6) is 0 Å². The molecule has 25 heavy (non-hydrogen) atoms. The van der Waals surface area contributed by atoms with Crippen molar-refractivity contribution in [2.24, 2.45) is 0 Å². The predicted molar refractivity (Wildman–Crippen MR) is 97.4 cm³/mol. The zero-order valence-electron chi connectivity index (χ0n) is 15.1. The Kier molecular flexibility index (Phi) is 7.56. The second-order valence-corrected chi connectivity index (χ2v) is 8.32. The van der Waals surface area contributed by atoms with E-state index >= 15 is 0 Å². The molecule has 0 bridgehead atoms. The predicted octanol–water partition coefficient (Wildman–Crippen LogP) is 2.01. The normalized spacial score (nSPS) is 16.9. The van der Waals surface area contributed by atoms with Crippen LogP contribution in [0.2, 0.25) is 0 Å². The minimum Gasteiger partial charge on any atom is -0.385 e. The fourth-order valence-corrected chi connectivity index (χ4v) is 4.38. The van der Waals surface area contributed by atoms with Crippen molar-refractivity contribution >= 4 is 15.8 Å². The van der Waals surface area contributed by atoms with Gasteiger partial charge in [0.1, 0.15) is 0 Å². The first-order valence-corrected chi connectivity index (χ1v) is 10.2. The summed E-state index contributed by atoms with van der Waals surface area (Å²) in [5.74, 6) is -0.0666. The number of ketones is 1. The third kappa shape index (κ3) is 5.60. The minimum absolute atomic E-state index is 0.0666. The molecule has 1 aliphatic rings. The van der Waals surface area contributed by atoms with E-state index < -0.39 is 10.0 Å². The number of methoxy groups -OCH3 is 1. The van der Waals surface area contributed by atoms with Gasteiger partial charge in [0.05, 0.1) is 4.90 Å². The first kappa shape index (κ1) is 20.0. The van der Waals surface area contributed by atoms with E-state index in [0.717, 1.165) is 45.5 Å². The van der Waals surface area contributed by atoms with Gasteiger partial charge >= 0.3 is 0 Å². The summed E-state index contributed by atoms with van der Waals surface area (Å²) < 4.78 is 32.0. The lowest BCUT2D eigenvalue weighted by Crippen LogP contribution is -2.48. The molecule has 1 aromatic rings. The van der Waals surface area contributed by atoms with Gasteiger partial charge in [0.2, 0.25) is 10.0 Å². The fourth-order valence-electron chi connectivity index (χ4n) is 2.96. The molecule has 7 heteroatoms. The summed E-state index contributed by atoms with van der Waals surface area (Å²) in [6.45, 7) is 5.81. The maximum atomic E-state index is 12.7. The van der Waals surface area contributed by atoms with Gasteiger partial charge in [0.15, 0.2) is 5.78 Å². The number of piperazine rings is 1. The number of hydrogen-bond donors (Lipinski definition) is 0. The van der Waals surface area contributed by atoms with Crippen LogP contribution in [-0.4, -0.2) is 69.8 Å². The molecule has 1 saturated heterocycles. The van der Waals surface area contributed by atoms with E-state index in [-0.39, 0.29) is 10.7 Å². The molecule has 0 amide bonds. The van der Waals surface area contributed by atoms with Crippen LogP contribution in [-0.2, 0) is 14.8 Å². The van der Waals surface area contributed by atoms with Gasteiger partial charge in [-0.05, 0) is 44.9 Å². The first-order chi connectivity index (χ1) is 11.9. The van der Waals surface area contributed by atoms with Crippen LogP contribution in [0.1, 0.15) is 36.5 Å². The molecule has 0 aromatic heterocycles. The van der Waals surface area contributed by atoms with Crippen molar-refractivity contribution in [1.82, 2.24) is 9.21 Å². The van der Waals surface area contributed by atoms with Gasteiger partial charge in [-0.1, -0.05) is 12.1 Å². The van der Waals surface area contributed by atoms with Crippen molar-refractivity contribution < 1.29 is 17.9 Å². The first-order valence-electron chi connectivity index (χ1n) is 8.77. The number of benzene rings is 1. The largest absolute Gasteiger partial charge is 0.385 e. The second-order valence-electron chi connectivity index (χ2n) is 6.38. The van der Waals surface area contributed by atoms with Crippen molar-refractivity contribution in [1.29, 1.82) is 0 Å². The van der Waals surface area contributed by atoms with Crippen LogP contribution in [0.25, 0.3) is 0 Å². The molecule has 1 heterocycles. The Morgan fingerprint density at radius 2 is 1.68 bits per heavy atom. The number of sulfonamides is 1. The van der Waals surface area contributed by atoms with Crippen molar-refractivity contribution in [2.75, 3.05) is 46.4 Å². The quantitative estimate of drug-likeness (QED) is 0.493. The van der Waals surface area contributed by atoms with E-state index in [1.165, 1.54) is 23.4 Å². The molecule has 0 aliphatic carbocycles. The van der Waals surface area contributed by atoms with E-state index in [1.54, 1.807) is 19.2 Å². The summed E-state index contributed by atoms with van der Waals surface area (Å²) in [5, 5.41) is 0. The van der Waals surface area contributed by atoms with Crippen LogP contribution in [0.3, 0.4) is 0 Å². The van der Waals surface area contributed by atoms with Crippen LogP contribution in [0.15, 0.2) is 29.2 Å². The average Bonchev–Trinajstić information content (AvgIpc) is 2.62. The zero-order valence-corrected chi connectivity index (χ0v) is 15.9. The highest BCUT2D eigenvalue weighted by Crippen LogP contribution is 2.18. The van der Waals surface area contributed by atoms with Gasteiger partial charge in [-0.25, -0.2) is 8.42 Å². The summed E-state index contributed by atoms with van der Waals surface area (Å²) in [5.41, 5.74) is 0.525. The van der Waals surface area contributed by atoms with Crippen LogP contribution in [0, 0.1) is 0 Å². The lowest BCUT2D eigenvalue weighted by atomic mass is 10.2. The summed E-state index contributed by atoms with van der Waals surface area (Å²) in [6.07, 6.45) is 3.32. The van der Waals surface area contributed by atoms with E-state index in [0.29, 0.717) is 18.7 Å². The van der Waals surface area contributed by atoms with Crippen LogP contribution < -0.4 is 0 Å². The second kappa shape index (κ2) is 9.43. The number of unbranched alkanes of at least 4 members (excludes halogenated alkanes) is 2. The molecule has 140 valence electrons. The molecule has 0 unspecified atom stereocenters. The van der Waals surface area contributed by atoms with Gasteiger partial charge in [-0.2, -0.15) is 4.31 Å². The molecule has 0 spiro atoms. The van der Waals surface area contributed by atoms with Gasteiger partial charge in [-0.15, -0.1) is 0 Å². The monoisotopic (exact) mass is 368 g/mol. The topological polar surface area (TPSA) is 66.9 Å². The standard InChI is InChI=1S/C18H28N2O4S/c1-16(21)17-6-8-18(9-7-17)25(22,23)20-13-11-19(12-14-20)10-4-3-5-15-24-2/h6-9H,3-5,10-15H2,1-2H3. The number of Topliss-reactive ketones (excluding diaryl/α,β-unsaturated/α-hetero) is 1. The molecule has 1 aromatic carbocycles. The number of ether oxygens (including phenoxy) is 1. The van der Waals surface area contributed by atoms with Gasteiger partial charge in [0.25, 0.3) is 0 Å². The minimum atomic E-state index is -3.48. The Balaban J connectivity index is 1.85. The van der Waals surface area contributed by atoms with Crippen molar-refractivity contribution in [3.8, 4) is 0 Å². The lowest BCUT2D eigenvalue weighted by Gasteiger charge is -2.34. The van der Waals surface area contributed by atoms with E-state index in [2.05, 4.69) is 4.90 Å². The highest BCUT2D eigenvalue weighted by Gasteiger charge is 2.28. The van der Waals surface area contributed by atoms with Crippen molar-refractivity contribution in [2.45, 2.75) is 31.1 Å². The average molecular weight is 368 g/mol. The summed E-state index contributed by atoms with van der Waals surface area (Å²) in [7, 11) is -1.77. The molecule has 0 N–H and O–H groups in total. The fraction of sp³-hybridized carbons (Fsp3) is 0.611. The summed E-state index contributed by atoms with van der Waals surface area (Å²) in [4.78, 5) is 13.9. The third-order valence-electron chi connectivity index (χ3n) is 4.55. The Morgan fingerprint density at radius 3 is 2.24 bits per heavy atom. The zero-order chi connectivity index (χ0) is 18.3. The van der Waals surface area contributed by atoms with Crippen molar-refractivity contribution in [3.63, 3.8) is 0 Å². The maximum Gasteiger partial charge on any atom is 0.243 e. The van der Waals surface area contributed by atoms with Gasteiger partial charge in [0, 0.05) is 45.5 Å². The maximum absolute atomic E-state index is 12.7. The molecule has 1 fully saturated rings. The van der Waals surface area contributed by atoms with E-state index in [1.807, 2.05) is 0 Å². The molecule has 0 saturated carbocycles. The summed E-state index contributed by atoms with van der Waals surface area (Å²) in [6, 6.07) is 6.19. The van der Waals surface area contributed by atoms with Gasteiger partial charge < -0.3 is 9.64 Å². The Bertz CT molecular complexity index is 650. The van der Waals surface area contributed by atoms with Crippen molar-refractivity contribution in [3.05, 3.63) is 29.8 Å². The molecular formula is C18H28N2O4S. The number of carbonyl (C=O) groups is 1. The van der Waals surface area contributed by atoms with E-state index in [9.17, 15) is 13.2 Å². The molecule has 0 atom stereocenters. The highest BCUT2D eigenvalue weighted by atomic mass is 32.2. The van der Waals surface area contributed by atoms with Crippen LogP contribution >= 0.6 is 0 Å². The third-order valence-corrected chi connectivity index (χ3v) is 6.47. The highest BCUT2D eigenvalue weighted by molar-refractivity contribution is 7.89. The molecule has 1 aliphatic heterocycles. The van der Waals surface area contributed by atoms with Gasteiger partial charge in [-0.3, -0.25) is 4.79 Å². The number of hydrogen-bond acceptors (Lipinski definition) is 5.